The number of aromatic amines is 1. The normalized spacial score (nSPS) is 15.8. The van der Waals surface area contributed by atoms with E-state index in [-0.39, 0.29) is 29.5 Å². The van der Waals surface area contributed by atoms with E-state index in [1.54, 1.807) is 46.5 Å². The van der Waals surface area contributed by atoms with Gasteiger partial charge in [0.2, 0.25) is 5.91 Å². The number of hydrogen-bond donors (Lipinski definition) is 2. The second kappa shape index (κ2) is 9.76. The van der Waals surface area contributed by atoms with Gasteiger partial charge in [-0.3, -0.25) is 14.5 Å². The largest absolute Gasteiger partial charge is 0.496 e. The number of halogens is 1. The number of hydrogen-bond acceptors (Lipinski definition) is 6. The van der Waals surface area contributed by atoms with Crippen LogP contribution >= 0.6 is 0 Å². The van der Waals surface area contributed by atoms with Crippen LogP contribution in [-0.2, 0) is 11.3 Å². The summed E-state index contributed by atoms with van der Waals surface area (Å²) in [7, 11) is 1.53. The number of carboxylic acids is 1. The van der Waals surface area contributed by atoms with Crippen LogP contribution in [0.4, 0.5) is 4.39 Å². The molecule has 3 aromatic heterocycles. The zero-order valence-corrected chi connectivity index (χ0v) is 19.6. The van der Waals surface area contributed by atoms with Crippen LogP contribution in [0.5, 0.6) is 5.75 Å². The number of ether oxygens (including phenoxy) is 1. The quantitative estimate of drug-likeness (QED) is 0.405. The van der Waals surface area contributed by atoms with Crippen LogP contribution in [0.1, 0.15) is 41.2 Å². The predicted molar refractivity (Wildman–Crippen MR) is 128 cm³/mol. The number of aromatic nitrogens is 5. The fourth-order valence-corrected chi connectivity index (χ4v) is 4.86. The molecule has 4 heterocycles. The van der Waals surface area contributed by atoms with E-state index in [9.17, 15) is 14.7 Å². The third kappa shape index (κ3) is 4.39. The van der Waals surface area contributed by atoms with Crippen LogP contribution in [0, 0.1) is 5.82 Å². The van der Waals surface area contributed by atoms with E-state index in [0.717, 1.165) is 6.42 Å². The Bertz CT molecular complexity index is 1420. The maximum atomic E-state index is 15.9. The number of fused-ring (bicyclic) bond motifs is 1. The summed E-state index contributed by atoms with van der Waals surface area (Å²) >= 11 is 0. The second-order valence-electron chi connectivity index (χ2n) is 8.78. The Morgan fingerprint density at radius 2 is 2.14 bits per heavy atom. The van der Waals surface area contributed by atoms with Gasteiger partial charge in [0.15, 0.2) is 5.82 Å². The minimum Gasteiger partial charge on any atom is -0.496 e. The Morgan fingerprint density at radius 3 is 2.89 bits per heavy atom. The molecule has 1 aliphatic heterocycles. The molecule has 5 rings (SSSR count). The topological polar surface area (TPSA) is 126 Å². The van der Waals surface area contributed by atoms with Gasteiger partial charge in [-0.2, -0.15) is 0 Å². The first-order valence-electron chi connectivity index (χ1n) is 11.6. The van der Waals surface area contributed by atoms with Gasteiger partial charge >= 0.3 is 5.97 Å². The zero-order valence-electron chi connectivity index (χ0n) is 19.6. The Labute approximate surface area is 205 Å². The number of likely N-dealkylation sites (tertiary alicyclic amines) is 1. The molecule has 0 saturated carbocycles. The van der Waals surface area contributed by atoms with Crippen molar-refractivity contribution in [3.8, 4) is 16.9 Å². The molecule has 1 aromatic carbocycles. The monoisotopic (exact) mass is 492 g/mol. The van der Waals surface area contributed by atoms with Gasteiger partial charge in [-0.15, -0.1) is 5.10 Å². The first kappa shape index (κ1) is 23.5. The number of carbonyl (C=O) groups excluding carboxylic acids is 1. The molecule has 0 spiro atoms. The minimum absolute atomic E-state index is 0.0288. The summed E-state index contributed by atoms with van der Waals surface area (Å²) < 4.78 is 23.0. The molecule has 1 saturated heterocycles. The number of H-pyrrole nitrogens is 1. The van der Waals surface area contributed by atoms with Crippen LogP contribution in [0.25, 0.3) is 22.0 Å². The molecule has 36 heavy (non-hydrogen) atoms. The number of pyridine rings is 1. The Hall–Kier alpha value is -4.28. The van der Waals surface area contributed by atoms with Gasteiger partial charge in [0.25, 0.3) is 0 Å². The maximum Gasteiger partial charge on any atom is 0.352 e. The van der Waals surface area contributed by atoms with Crippen molar-refractivity contribution in [2.75, 3.05) is 20.2 Å². The molecule has 1 fully saturated rings. The lowest BCUT2D eigenvalue weighted by atomic mass is 9.87. The smallest absolute Gasteiger partial charge is 0.352 e. The van der Waals surface area contributed by atoms with Crippen LogP contribution in [0.3, 0.4) is 0 Å². The summed E-state index contributed by atoms with van der Waals surface area (Å²) in [4.78, 5) is 33.2. The fraction of sp³-hybridized carbons (Fsp3) is 0.320. The summed E-state index contributed by atoms with van der Waals surface area (Å²) in [6, 6.07) is 4.86. The molecular weight excluding hydrogens is 467 g/mol. The summed E-state index contributed by atoms with van der Waals surface area (Å²) in [5.74, 6) is -1.44. The number of amides is 1. The average Bonchev–Trinajstić information content (AvgIpc) is 3.58. The van der Waals surface area contributed by atoms with Gasteiger partial charge in [-0.1, -0.05) is 5.21 Å². The molecule has 1 amide bonds. The highest BCUT2D eigenvalue weighted by molar-refractivity contribution is 6.02. The molecule has 4 aromatic rings. The molecule has 10 nitrogen and oxygen atoms in total. The molecule has 2 N–H and O–H groups in total. The Morgan fingerprint density at radius 1 is 1.28 bits per heavy atom. The SMILES string of the molecule is COc1ccncc1-c1cc([C@H]2CCCN(C(=O)CCn3ccnn3)C2)c(F)c2[nH]c(C(=O)O)cc12. The summed E-state index contributed by atoms with van der Waals surface area (Å²) in [6.07, 6.45) is 8.17. The first-order valence-corrected chi connectivity index (χ1v) is 11.6. The third-order valence-electron chi connectivity index (χ3n) is 6.64. The van der Waals surface area contributed by atoms with Gasteiger partial charge in [-0.05, 0) is 42.2 Å². The summed E-state index contributed by atoms with van der Waals surface area (Å²) in [5, 5.41) is 17.6. The maximum absolute atomic E-state index is 15.9. The number of rotatable bonds is 7. The van der Waals surface area contributed by atoms with Crippen LogP contribution in [0.2, 0.25) is 0 Å². The lowest BCUT2D eigenvalue weighted by molar-refractivity contribution is -0.132. The zero-order chi connectivity index (χ0) is 25.2. The molecular formula is C25H25FN6O4. The Balaban J connectivity index is 1.52. The van der Waals surface area contributed by atoms with E-state index in [4.69, 9.17) is 4.74 Å². The van der Waals surface area contributed by atoms with Crippen molar-refractivity contribution in [3.05, 3.63) is 60.1 Å². The number of nitrogens with zero attached hydrogens (tertiary/aromatic N) is 5. The van der Waals surface area contributed by atoms with E-state index in [1.165, 1.54) is 13.2 Å². The molecule has 1 atom stereocenters. The molecule has 186 valence electrons. The highest BCUT2D eigenvalue weighted by atomic mass is 19.1. The lowest BCUT2D eigenvalue weighted by Crippen LogP contribution is -2.39. The number of carbonyl (C=O) groups is 2. The van der Waals surface area contributed by atoms with Crippen molar-refractivity contribution < 1.29 is 23.8 Å². The summed E-state index contributed by atoms with van der Waals surface area (Å²) in [5.41, 5.74) is 1.67. The number of aromatic carboxylic acids is 1. The molecule has 0 aliphatic carbocycles. The number of carboxylic acid groups (broad SMARTS) is 1. The van der Waals surface area contributed by atoms with E-state index in [1.807, 2.05) is 0 Å². The second-order valence-corrected chi connectivity index (χ2v) is 8.78. The number of methoxy groups -OCH3 is 1. The standard InChI is InChI=1S/C25H25FN6O4/c1-36-21-4-6-27-13-19(21)17-11-16(23(26)24-18(17)12-20(29-24)25(34)35)15-3-2-8-31(14-15)22(33)5-9-32-10-7-28-30-32/h4,6-7,10-13,15,29H,2-3,5,8-9,14H2,1H3,(H,34,35)/t15-/m0/s1. The number of benzene rings is 1. The summed E-state index contributed by atoms with van der Waals surface area (Å²) in [6.45, 7) is 1.39. The van der Waals surface area contributed by atoms with Gasteiger partial charge in [0.1, 0.15) is 11.4 Å². The average molecular weight is 493 g/mol. The van der Waals surface area contributed by atoms with E-state index in [2.05, 4.69) is 20.3 Å². The van der Waals surface area contributed by atoms with Crippen molar-refractivity contribution in [1.29, 1.82) is 0 Å². The highest BCUT2D eigenvalue weighted by Crippen LogP contribution is 2.40. The van der Waals surface area contributed by atoms with Crippen molar-refractivity contribution in [2.24, 2.45) is 0 Å². The third-order valence-corrected chi connectivity index (χ3v) is 6.64. The number of piperidine rings is 1. The van der Waals surface area contributed by atoms with E-state index >= 15 is 4.39 Å². The molecule has 1 aliphatic rings. The van der Waals surface area contributed by atoms with Crippen molar-refractivity contribution >= 4 is 22.8 Å². The predicted octanol–water partition coefficient (Wildman–Crippen LogP) is 3.46. The molecule has 0 radical (unpaired) electrons. The van der Waals surface area contributed by atoms with Crippen molar-refractivity contribution in [3.63, 3.8) is 0 Å². The minimum atomic E-state index is -1.18. The van der Waals surface area contributed by atoms with Crippen LogP contribution in [0.15, 0.2) is 43.0 Å². The van der Waals surface area contributed by atoms with E-state index in [0.29, 0.717) is 53.9 Å². The van der Waals surface area contributed by atoms with Crippen LogP contribution < -0.4 is 4.74 Å². The van der Waals surface area contributed by atoms with Gasteiger partial charge in [-0.25, -0.2) is 9.18 Å². The van der Waals surface area contributed by atoms with Gasteiger partial charge in [0.05, 0.1) is 25.4 Å². The number of nitrogens with one attached hydrogen (secondary N) is 1. The van der Waals surface area contributed by atoms with Crippen molar-refractivity contribution in [2.45, 2.75) is 31.7 Å². The first-order chi connectivity index (χ1) is 17.5. The number of aryl methyl sites for hydroxylation is 1. The van der Waals surface area contributed by atoms with Crippen molar-refractivity contribution in [1.82, 2.24) is 29.9 Å². The van der Waals surface area contributed by atoms with Gasteiger partial charge in [0, 0.05) is 55.0 Å². The van der Waals surface area contributed by atoms with E-state index < -0.39 is 11.8 Å². The lowest BCUT2D eigenvalue weighted by Gasteiger charge is -2.33. The molecule has 11 heteroatoms. The fourth-order valence-electron chi connectivity index (χ4n) is 4.86. The van der Waals surface area contributed by atoms with Crippen LogP contribution in [-0.4, -0.2) is 67.0 Å². The van der Waals surface area contributed by atoms with Gasteiger partial charge < -0.3 is 19.7 Å². The highest BCUT2D eigenvalue weighted by Gasteiger charge is 2.29. The molecule has 0 unspecified atom stereocenters. The molecule has 0 bridgehead atoms. The Kier molecular flexibility index (Phi) is 6.36.